The second-order valence-electron chi connectivity index (χ2n) is 4.55. The normalized spacial score (nSPS) is 10.4. The smallest absolute Gasteiger partial charge is 0.294 e. The van der Waals surface area contributed by atoms with Crippen LogP contribution in [0.25, 0.3) is 0 Å². The van der Waals surface area contributed by atoms with Gasteiger partial charge in [-0.05, 0) is 12.1 Å². The van der Waals surface area contributed by atoms with Crippen molar-refractivity contribution in [3.05, 3.63) is 71.3 Å². The molecule has 0 bridgehead atoms. The maximum absolute atomic E-state index is 12.4. The van der Waals surface area contributed by atoms with Crippen molar-refractivity contribution in [2.75, 3.05) is 0 Å². The van der Waals surface area contributed by atoms with Crippen LogP contribution in [0.15, 0.2) is 54.6 Å². The number of carbonyl (C=O) groups excluding carboxylic acids is 2. The van der Waals surface area contributed by atoms with E-state index < -0.39 is 25.4 Å². The Morgan fingerprint density at radius 3 is 1.62 bits per heavy atom. The van der Waals surface area contributed by atoms with Crippen LogP contribution in [0.3, 0.4) is 0 Å². The molecule has 0 saturated heterocycles. The summed E-state index contributed by atoms with van der Waals surface area (Å²) < 4.78 is 56.2. The van der Waals surface area contributed by atoms with Gasteiger partial charge in [0, 0.05) is 11.1 Å². The maximum Gasteiger partial charge on any atom is 0.577 e. The van der Waals surface area contributed by atoms with Gasteiger partial charge in [-0.25, -0.2) is 0 Å². The minimum Gasteiger partial charge on any atom is -0.294 e. The Labute approximate surface area is 135 Å². The molecule has 0 aliphatic rings. The van der Waals surface area contributed by atoms with Gasteiger partial charge < -0.3 is 0 Å². The molecular formula is C16H11BF5O2. The molecule has 2 nitrogen and oxygen atoms in total. The van der Waals surface area contributed by atoms with Gasteiger partial charge in [0.25, 0.3) is 0 Å². The predicted octanol–water partition coefficient (Wildman–Crippen LogP) is 4.62. The lowest BCUT2D eigenvalue weighted by Crippen LogP contribution is -2.10. The second kappa shape index (κ2) is 8.95. The van der Waals surface area contributed by atoms with Gasteiger partial charge in [-0.2, -0.15) is 13.2 Å². The molecule has 2 aromatic carbocycles. The average Bonchev–Trinajstić information content (AvgIpc) is 2.55. The fourth-order valence-electron chi connectivity index (χ4n) is 1.82. The minimum absolute atomic E-state index is 0.0901. The van der Waals surface area contributed by atoms with Gasteiger partial charge >= 0.3 is 14.0 Å². The standard InChI is InChI=1S/C16H11F3O2.BF2/c17-16(18,19)13-8-6-12(7-9-13)15(21)10-14(20)11-4-2-1-3-5-11;2-1-3/h1-9H,10H2;. The number of hydrogen-bond acceptors (Lipinski definition) is 2. The Morgan fingerprint density at radius 2 is 1.21 bits per heavy atom. The molecule has 2 aromatic rings. The molecule has 0 aliphatic carbocycles. The van der Waals surface area contributed by atoms with E-state index >= 15 is 0 Å². The van der Waals surface area contributed by atoms with Crippen molar-refractivity contribution >= 4 is 19.4 Å². The van der Waals surface area contributed by atoms with Crippen LogP contribution in [0.2, 0.25) is 0 Å². The molecule has 0 amide bonds. The highest BCUT2D eigenvalue weighted by Gasteiger charge is 2.30. The van der Waals surface area contributed by atoms with E-state index in [1.165, 1.54) is 0 Å². The van der Waals surface area contributed by atoms with Crippen LogP contribution in [0.5, 0.6) is 0 Å². The van der Waals surface area contributed by atoms with Gasteiger partial charge in [0.15, 0.2) is 11.6 Å². The largest absolute Gasteiger partial charge is 0.577 e. The minimum atomic E-state index is -4.44. The van der Waals surface area contributed by atoms with Crippen molar-refractivity contribution in [3.8, 4) is 0 Å². The van der Waals surface area contributed by atoms with Gasteiger partial charge in [0.05, 0.1) is 12.0 Å². The fraction of sp³-hybridized carbons (Fsp3) is 0.125. The van der Waals surface area contributed by atoms with Crippen molar-refractivity contribution in [1.29, 1.82) is 0 Å². The topological polar surface area (TPSA) is 34.1 Å². The SMILES string of the molecule is F[B]F.O=C(CC(=O)c1ccc(C(F)(F)F)cc1)c1ccccc1. The van der Waals surface area contributed by atoms with Crippen molar-refractivity contribution in [3.63, 3.8) is 0 Å². The van der Waals surface area contributed by atoms with Crippen molar-refractivity contribution in [2.45, 2.75) is 12.6 Å². The molecule has 8 heteroatoms. The van der Waals surface area contributed by atoms with E-state index in [0.717, 1.165) is 24.3 Å². The number of hydrogen-bond donors (Lipinski definition) is 0. The zero-order valence-electron chi connectivity index (χ0n) is 12.2. The number of carbonyl (C=O) groups is 2. The first-order chi connectivity index (χ1) is 11.3. The lowest BCUT2D eigenvalue weighted by molar-refractivity contribution is -0.137. The summed E-state index contributed by atoms with van der Waals surface area (Å²) in [6.07, 6.45) is -4.81. The number of halogens is 5. The summed E-state index contributed by atoms with van der Waals surface area (Å²) in [6.45, 7) is 0. The van der Waals surface area contributed by atoms with Crippen LogP contribution >= 0.6 is 0 Å². The second-order valence-corrected chi connectivity index (χ2v) is 4.55. The molecule has 0 N–H and O–H groups in total. The third-order valence-electron chi connectivity index (χ3n) is 2.95. The van der Waals surface area contributed by atoms with Gasteiger partial charge in [-0.3, -0.25) is 18.2 Å². The monoisotopic (exact) mass is 341 g/mol. The summed E-state index contributed by atoms with van der Waals surface area (Å²) in [5.41, 5.74) is -0.335. The molecule has 0 spiro atoms. The Morgan fingerprint density at radius 1 is 0.792 bits per heavy atom. The highest BCUT2D eigenvalue weighted by Crippen LogP contribution is 2.29. The van der Waals surface area contributed by atoms with Crippen molar-refractivity contribution < 1.29 is 31.4 Å². The molecular weight excluding hydrogens is 330 g/mol. The first-order valence-corrected chi connectivity index (χ1v) is 6.60. The highest BCUT2D eigenvalue weighted by atomic mass is 19.4. The van der Waals surface area contributed by atoms with Crippen LogP contribution in [0.1, 0.15) is 32.7 Å². The third-order valence-corrected chi connectivity index (χ3v) is 2.95. The Bertz CT molecular complexity index is 669. The molecule has 0 aromatic heterocycles. The summed E-state index contributed by atoms with van der Waals surface area (Å²) in [4.78, 5) is 23.7. The molecule has 1 radical (unpaired) electrons. The summed E-state index contributed by atoms with van der Waals surface area (Å²) >= 11 is 0. The third kappa shape index (κ3) is 5.94. The van der Waals surface area contributed by atoms with Crippen LogP contribution < -0.4 is 0 Å². The molecule has 0 aliphatic heterocycles. The van der Waals surface area contributed by atoms with E-state index in [2.05, 4.69) is 0 Å². The molecule has 24 heavy (non-hydrogen) atoms. The summed E-state index contributed by atoms with van der Waals surface area (Å²) in [5.74, 6) is -0.863. The van der Waals surface area contributed by atoms with Crippen LogP contribution in [-0.2, 0) is 6.18 Å². The summed E-state index contributed by atoms with van der Waals surface area (Å²) in [7, 11) is -1.00. The maximum atomic E-state index is 12.4. The van der Waals surface area contributed by atoms with E-state index in [9.17, 15) is 31.4 Å². The molecule has 2 rings (SSSR count). The quantitative estimate of drug-likeness (QED) is 0.352. The van der Waals surface area contributed by atoms with E-state index in [1.54, 1.807) is 30.3 Å². The Kier molecular flexibility index (Phi) is 7.29. The fourth-order valence-corrected chi connectivity index (χ4v) is 1.82. The molecule has 0 unspecified atom stereocenters. The van der Waals surface area contributed by atoms with Crippen LogP contribution in [0, 0.1) is 0 Å². The van der Waals surface area contributed by atoms with Gasteiger partial charge in [0.2, 0.25) is 0 Å². The van der Waals surface area contributed by atoms with Crippen molar-refractivity contribution in [2.24, 2.45) is 0 Å². The molecule has 0 heterocycles. The number of ketones is 2. The molecule has 0 atom stereocenters. The zero-order chi connectivity index (χ0) is 18.2. The van der Waals surface area contributed by atoms with E-state index in [0.29, 0.717) is 5.56 Å². The predicted molar refractivity (Wildman–Crippen MR) is 79.1 cm³/mol. The van der Waals surface area contributed by atoms with Gasteiger partial charge in [-0.1, -0.05) is 42.5 Å². The van der Waals surface area contributed by atoms with Crippen LogP contribution in [0.4, 0.5) is 21.8 Å². The van der Waals surface area contributed by atoms with Crippen LogP contribution in [-0.4, -0.2) is 19.4 Å². The summed E-state index contributed by atoms with van der Waals surface area (Å²) in [6, 6.07) is 12.1. The average molecular weight is 341 g/mol. The first kappa shape index (κ1) is 19.5. The van der Waals surface area contributed by atoms with Gasteiger partial charge in [-0.15, -0.1) is 0 Å². The number of rotatable bonds is 4. The molecule has 125 valence electrons. The Hall–Kier alpha value is -2.51. The lowest BCUT2D eigenvalue weighted by atomic mass is 10.0. The molecule has 0 fully saturated rings. The first-order valence-electron chi connectivity index (χ1n) is 6.60. The number of Topliss-reactive ketones (excluding diaryl/α,β-unsaturated/α-hetero) is 2. The summed E-state index contributed by atoms with van der Waals surface area (Å²) in [5, 5.41) is 0. The van der Waals surface area contributed by atoms with Crippen molar-refractivity contribution in [1.82, 2.24) is 0 Å². The van der Waals surface area contributed by atoms with E-state index in [1.807, 2.05) is 0 Å². The zero-order valence-corrected chi connectivity index (χ0v) is 12.2. The van der Waals surface area contributed by atoms with E-state index in [-0.39, 0.29) is 17.8 Å². The van der Waals surface area contributed by atoms with E-state index in [4.69, 9.17) is 0 Å². The lowest BCUT2D eigenvalue weighted by Gasteiger charge is -2.07. The van der Waals surface area contributed by atoms with Gasteiger partial charge in [0.1, 0.15) is 0 Å². The number of alkyl halides is 3. The molecule has 0 saturated carbocycles. The highest BCUT2D eigenvalue weighted by molar-refractivity contribution is 6.15. The number of benzene rings is 2. The Balaban J connectivity index is 0.000000891.